The molecule has 20 heavy (non-hydrogen) atoms. The molecule has 2 rings (SSSR count). The van der Waals surface area contributed by atoms with Gasteiger partial charge in [-0.3, -0.25) is 0 Å². The van der Waals surface area contributed by atoms with Gasteiger partial charge in [-0.05, 0) is 33.8 Å². The second-order valence-corrected chi connectivity index (χ2v) is 5.79. The zero-order valence-corrected chi connectivity index (χ0v) is 12.0. The Morgan fingerprint density at radius 2 is 1.80 bits per heavy atom. The Balaban J connectivity index is 2.34. The molecule has 0 unspecified atom stereocenters. The molecule has 1 aromatic rings. The minimum absolute atomic E-state index is 0.00436. The zero-order valence-electron chi connectivity index (χ0n) is 12.0. The van der Waals surface area contributed by atoms with Crippen molar-refractivity contribution in [3.63, 3.8) is 0 Å². The Morgan fingerprint density at radius 3 is 2.30 bits per heavy atom. The third kappa shape index (κ3) is 2.51. The number of benzene rings is 1. The summed E-state index contributed by atoms with van der Waals surface area (Å²) in [4.78, 5) is 10.8. The van der Waals surface area contributed by atoms with E-state index in [0.29, 0.717) is 0 Å². The predicted molar refractivity (Wildman–Crippen MR) is 75.3 cm³/mol. The fourth-order valence-corrected chi connectivity index (χ4v) is 1.93. The number of nitrogens with two attached hydrogens (primary N) is 1. The summed E-state index contributed by atoms with van der Waals surface area (Å²) in [6, 6.07) is 3.77. The largest absolute Gasteiger partial charge is 0.497 e. The summed E-state index contributed by atoms with van der Waals surface area (Å²) in [5, 5.41) is 2.23. The average Bonchev–Trinajstić information content (AvgIpc) is 2.50. The smallest absolute Gasteiger partial charge is 0.399 e. The van der Waals surface area contributed by atoms with Crippen LogP contribution in [-0.2, 0) is 9.31 Å². The van der Waals surface area contributed by atoms with Crippen LogP contribution < -0.4 is 16.5 Å². The Bertz CT molecular complexity index is 532. The van der Waals surface area contributed by atoms with Crippen molar-refractivity contribution in [2.75, 3.05) is 5.32 Å². The molecule has 1 aliphatic heterocycles. The van der Waals surface area contributed by atoms with Gasteiger partial charge in [0.15, 0.2) is 0 Å². The van der Waals surface area contributed by atoms with Crippen LogP contribution in [-0.4, -0.2) is 24.4 Å². The Morgan fingerprint density at radius 1 is 1.25 bits per heavy atom. The van der Waals surface area contributed by atoms with Gasteiger partial charge in [0.25, 0.3) is 0 Å². The van der Waals surface area contributed by atoms with Crippen LogP contribution in [0.5, 0.6) is 0 Å². The second-order valence-electron chi connectivity index (χ2n) is 5.79. The molecular formula is C13H18BFN2O3. The van der Waals surface area contributed by atoms with Gasteiger partial charge in [-0.1, -0.05) is 12.1 Å². The van der Waals surface area contributed by atoms with E-state index in [1.165, 1.54) is 6.07 Å². The molecule has 3 N–H and O–H groups in total. The molecule has 2 amide bonds. The molecule has 5 nitrogen and oxygen atoms in total. The summed E-state index contributed by atoms with van der Waals surface area (Å²) >= 11 is 0. The fourth-order valence-electron chi connectivity index (χ4n) is 1.93. The maximum Gasteiger partial charge on any atom is 0.497 e. The van der Waals surface area contributed by atoms with Crippen LogP contribution in [0.15, 0.2) is 18.2 Å². The lowest BCUT2D eigenvalue weighted by Gasteiger charge is -2.32. The Hall–Kier alpha value is -1.60. The van der Waals surface area contributed by atoms with Crippen LogP contribution in [0.3, 0.4) is 0 Å². The number of hydrogen-bond donors (Lipinski definition) is 2. The third-order valence-electron chi connectivity index (χ3n) is 3.79. The number of hydrogen-bond acceptors (Lipinski definition) is 3. The van der Waals surface area contributed by atoms with Crippen LogP contribution >= 0.6 is 0 Å². The number of primary amides is 1. The van der Waals surface area contributed by atoms with Crippen LogP contribution in [0.2, 0.25) is 0 Å². The van der Waals surface area contributed by atoms with Crippen molar-refractivity contribution < 1.29 is 18.5 Å². The van der Waals surface area contributed by atoms with Crippen molar-refractivity contribution in [3.05, 3.63) is 24.0 Å². The highest BCUT2D eigenvalue weighted by Gasteiger charge is 2.52. The first-order valence-corrected chi connectivity index (χ1v) is 6.34. The topological polar surface area (TPSA) is 73.6 Å². The van der Waals surface area contributed by atoms with E-state index in [-0.39, 0.29) is 11.2 Å². The molecule has 0 bridgehead atoms. The molecule has 0 aromatic heterocycles. The van der Waals surface area contributed by atoms with Crippen molar-refractivity contribution >= 4 is 24.3 Å². The Labute approximate surface area is 117 Å². The normalized spacial score (nSPS) is 19.9. The number of urea groups is 1. The summed E-state index contributed by atoms with van der Waals surface area (Å²) in [6.07, 6.45) is 0. The van der Waals surface area contributed by atoms with E-state index < -0.39 is 30.2 Å². The van der Waals surface area contributed by atoms with Crippen molar-refractivity contribution in [2.45, 2.75) is 38.9 Å². The number of anilines is 1. The summed E-state index contributed by atoms with van der Waals surface area (Å²) in [6.45, 7) is 7.54. The van der Waals surface area contributed by atoms with E-state index in [1.54, 1.807) is 12.1 Å². The van der Waals surface area contributed by atoms with Gasteiger partial charge < -0.3 is 20.4 Å². The Kier molecular flexibility index (Phi) is 3.52. The summed E-state index contributed by atoms with van der Waals surface area (Å²) in [5.74, 6) is -0.607. The van der Waals surface area contributed by atoms with Crippen LogP contribution in [0.25, 0.3) is 0 Å². The van der Waals surface area contributed by atoms with Gasteiger partial charge in [-0.2, -0.15) is 0 Å². The molecule has 0 radical (unpaired) electrons. The molecule has 0 atom stereocenters. The molecule has 1 fully saturated rings. The van der Waals surface area contributed by atoms with Crippen molar-refractivity contribution in [1.82, 2.24) is 0 Å². The quantitative estimate of drug-likeness (QED) is 0.808. The average molecular weight is 280 g/mol. The number of rotatable bonds is 2. The maximum atomic E-state index is 14.4. The van der Waals surface area contributed by atoms with Gasteiger partial charge in [0.05, 0.1) is 16.9 Å². The van der Waals surface area contributed by atoms with Gasteiger partial charge in [0, 0.05) is 5.46 Å². The minimum Gasteiger partial charge on any atom is -0.399 e. The summed E-state index contributed by atoms with van der Waals surface area (Å²) < 4.78 is 25.9. The van der Waals surface area contributed by atoms with Crippen molar-refractivity contribution in [1.29, 1.82) is 0 Å². The highest BCUT2D eigenvalue weighted by atomic mass is 19.1. The molecule has 0 spiro atoms. The number of carbonyl (C=O) groups excluding carboxylic acids is 1. The van der Waals surface area contributed by atoms with Crippen molar-refractivity contribution in [2.24, 2.45) is 5.73 Å². The number of carbonyl (C=O) groups is 1. The maximum absolute atomic E-state index is 14.4. The van der Waals surface area contributed by atoms with Crippen LogP contribution in [0, 0.1) is 5.82 Å². The highest BCUT2D eigenvalue weighted by molar-refractivity contribution is 6.62. The van der Waals surface area contributed by atoms with Crippen LogP contribution in [0.1, 0.15) is 27.7 Å². The number of nitrogens with one attached hydrogen (secondary N) is 1. The standard InChI is InChI=1S/C13H18BFN2O3/c1-12(2)13(3,4)20-14(19-12)8-6-5-7-9(10(8)15)17-11(16)18/h5-7H,1-4H3,(H3,16,17,18). The molecule has 0 aliphatic carbocycles. The van der Waals surface area contributed by atoms with E-state index in [9.17, 15) is 9.18 Å². The fraction of sp³-hybridized carbons (Fsp3) is 0.462. The minimum atomic E-state index is -0.824. The van der Waals surface area contributed by atoms with Gasteiger partial charge in [0.2, 0.25) is 0 Å². The molecule has 0 saturated carbocycles. The number of halogens is 1. The van der Waals surface area contributed by atoms with E-state index >= 15 is 0 Å². The van der Waals surface area contributed by atoms with Crippen LogP contribution in [0.4, 0.5) is 14.9 Å². The first-order chi connectivity index (χ1) is 9.14. The SMILES string of the molecule is CC1(C)OB(c2cccc(NC(N)=O)c2F)OC1(C)C. The van der Waals surface area contributed by atoms with Gasteiger partial charge >= 0.3 is 13.1 Å². The lowest BCUT2D eigenvalue weighted by atomic mass is 9.78. The number of amides is 2. The predicted octanol–water partition coefficient (Wildman–Crippen LogP) is 1.62. The molecular weight excluding hydrogens is 262 g/mol. The molecule has 1 heterocycles. The zero-order chi connectivity index (χ0) is 15.1. The molecule has 1 aromatic carbocycles. The molecule has 7 heteroatoms. The summed E-state index contributed by atoms with van der Waals surface area (Å²) in [5.41, 5.74) is 4.12. The first-order valence-electron chi connectivity index (χ1n) is 6.34. The van der Waals surface area contributed by atoms with Crippen molar-refractivity contribution in [3.8, 4) is 0 Å². The molecule has 108 valence electrons. The van der Waals surface area contributed by atoms with Gasteiger partial charge in [-0.15, -0.1) is 0 Å². The monoisotopic (exact) mass is 280 g/mol. The third-order valence-corrected chi connectivity index (χ3v) is 3.79. The first kappa shape index (κ1) is 14.8. The summed E-state index contributed by atoms with van der Waals surface area (Å²) in [7, 11) is -0.824. The lowest BCUT2D eigenvalue weighted by molar-refractivity contribution is 0.00578. The lowest BCUT2D eigenvalue weighted by Crippen LogP contribution is -2.41. The van der Waals surface area contributed by atoms with E-state index in [0.717, 1.165) is 0 Å². The van der Waals surface area contributed by atoms with E-state index in [4.69, 9.17) is 15.0 Å². The van der Waals surface area contributed by atoms with E-state index in [1.807, 2.05) is 27.7 Å². The highest BCUT2D eigenvalue weighted by Crippen LogP contribution is 2.36. The molecule has 1 aliphatic rings. The van der Waals surface area contributed by atoms with E-state index in [2.05, 4.69) is 5.32 Å². The molecule has 1 saturated heterocycles. The second kappa shape index (κ2) is 4.75. The van der Waals surface area contributed by atoms with Gasteiger partial charge in [-0.25, -0.2) is 9.18 Å². The van der Waals surface area contributed by atoms with Gasteiger partial charge in [0.1, 0.15) is 5.82 Å².